The fraction of sp³-hybridized carbons (Fsp3) is 0.524. The van der Waals surface area contributed by atoms with Crippen molar-refractivity contribution in [3.8, 4) is 5.75 Å². The molecule has 1 nitrogen and oxygen atoms in total. The second-order valence-electron chi connectivity index (χ2n) is 6.54. The van der Waals surface area contributed by atoms with E-state index in [0.717, 1.165) is 12.4 Å². The zero-order valence-corrected chi connectivity index (χ0v) is 15.2. The van der Waals surface area contributed by atoms with Crippen molar-refractivity contribution >= 4 is 21.7 Å². The molecule has 0 unspecified atom stereocenters. The summed E-state index contributed by atoms with van der Waals surface area (Å²) in [6, 6.07) is 13.6. The van der Waals surface area contributed by atoms with Crippen LogP contribution in [-0.2, 0) is 10.9 Å². The normalized spacial score (nSPS) is 15.3. The lowest BCUT2D eigenvalue weighted by Crippen LogP contribution is -2.03. The Morgan fingerprint density at radius 3 is 2.43 bits per heavy atom. The summed E-state index contributed by atoms with van der Waals surface area (Å²) < 4.78 is 5.93. The van der Waals surface area contributed by atoms with E-state index < -0.39 is 0 Å². The Morgan fingerprint density at radius 1 is 0.870 bits per heavy atom. The summed E-state index contributed by atoms with van der Waals surface area (Å²) in [5, 5.41) is 2.66. The molecule has 0 N–H and O–H groups in total. The topological polar surface area (TPSA) is 9.23 Å². The number of rotatable bonds is 8. The van der Waals surface area contributed by atoms with Crippen molar-refractivity contribution in [3.63, 3.8) is 0 Å². The molecule has 2 aromatic rings. The molecule has 2 aromatic carbocycles. The average molecular weight is 330 g/mol. The third-order valence-corrected chi connectivity index (χ3v) is 7.15. The van der Waals surface area contributed by atoms with Crippen molar-refractivity contribution in [1.82, 2.24) is 0 Å². The maximum atomic E-state index is 5.93. The molecule has 0 atom stereocenters. The van der Waals surface area contributed by atoms with Gasteiger partial charge in [0.25, 0.3) is 0 Å². The molecule has 0 saturated carbocycles. The highest BCUT2D eigenvalue weighted by molar-refractivity contribution is 7.97. The molecule has 0 radical (unpaired) electrons. The highest BCUT2D eigenvalue weighted by atomic mass is 32.2. The maximum absolute atomic E-state index is 5.93. The van der Waals surface area contributed by atoms with Crippen LogP contribution in [0, 0.1) is 0 Å². The van der Waals surface area contributed by atoms with E-state index in [1.807, 2.05) is 0 Å². The van der Waals surface area contributed by atoms with E-state index in [4.69, 9.17) is 4.74 Å². The summed E-state index contributed by atoms with van der Waals surface area (Å²) in [6.45, 7) is 3.10. The Kier molecular flexibility index (Phi) is 6.27. The highest BCUT2D eigenvalue weighted by Crippen LogP contribution is 2.28. The number of unbranched alkanes of at least 4 members (excludes halogenated alkanes) is 4. The summed E-state index contributed by atoms with van der Waals surface area (Å²) in [7, 11) is 0.508. The minimum Gasteiger partial charge on any atom is -0.494 e. The lowest BCUT2D eigenvalue weighted by Gasteiger charge is -2.08. The molecule has 0 amide bonds. The van der Waals surface area contributed by atoms with E-state index in [-0.39, 0.29) is 0 Å². The molecule has 1 aliphatic rings. The molecule has 0 aliphatic carbocycles. The summed E-state index contributed by atoms with van der Waals surface area (Å²) >= 11 is 0. The number of ether oxygens (including phenoxy) is 1. The molecule has 0 bridgehead atoms. The van der Waals surface area contributed by atoms with Gasteiger partial charge in [0.15, 0.2) is 4.90 Å². The monoisotopic (exact) mass is 329 g/mol. The first-order valence-electron chi connectivity index (χ1n) is 9.21. The molecule has 0 aromatic heterocycles. The summed E-state index contributed by atoms with van der Waals surface area (Å²) in [5.41, 5.74) is 0. The van der Waals surface area contributed by atoms with Crippen molar-refractivity contribution in [2.45, 2.75) is 56.8 Å². The molecule has 124 valence electrons. The minimum atomic E-state index is 0.508. The number of hydrogen-bond donors (Lipinski definition) is 0. The number of hydrogen-bond acceptors (Lipinski definition) is 1. The van der Waals surface area contributed by atoms with E-state index in [1.165, 1.54) is 67.2 Å². The second kappa shape index (κ2) is 8.63. The van der Waals surface area contributed by atoms with Gasteiger partial charge in [0.05, 0.1) is 6.61 Å². The average Bonchev–Trinajstić information content (AvgIpc) is 3.12. The lowest BCUT2D eigenvalue weighted by molar-refractivity contribution is 0.305. The van der Waals surface area contributed by atoms with E-state index in [2.05, 4.69) is 43.3 Å². The van der Waals surface area contributed by atoms with Crippen LogP contribution in [0.2, 0.25) is 0 Å². The van der Waals surface area contributed by atoms with Crippen LogP contribution in [0.1, 0.15) is 51.9 Å². The van der Waals surface area contributed by atoms with Gasteiger partial charge >= 0.3 is 0 Å². The first kappa shape index (κ1) is 16.7. The van der Waals surface area contributed by atoms with Crippen molar-refractivity contribution in [3.05, 3.63) is 36.4 Å². The van der Waals surface area contributed by atoms with E-state index >= 15 is 0 Å². The SMILES string of the molecule is CCCCCCCOc1ccc2cc([S+]3CCCC3)ccc2c1. The summed E-state index contributed by atoms with van der Waals surface area (Å²) in [6.07, 6.45) is 9.25. The number of benzene rings is 2. The van der Waals surface area contributed by atoms with Gasteiger partial charge in [0.1, 0.15) is 17.3 Å². The summed E-state index contributed by atoms with van der Waals surface area (Å²) in [5.74, 6) is 3.80. The number of fused-ring (bicyclic) bond motifs is 1. The Balaban J connectivity index is 1.57. The van der Waals surface area contributed by atoms with Gasteiger partial charge in [-0.05, 0) is 54.3 Å². The quantitative estimate of drug-likeness (QED) is 0.429. The van der Waals surface area contributed by atoms with Crippen molar-refractivity contribution in [2.24, 2.45) is 0 Å². The van der Waals surface area contributed by atoms with Crippen LogP contribution in [0.15, 0.2) is 41.3 Å². The zero-order chi connectivity index (χ0) is 15.9. The molecule has 2 heteroatoms. The maximum Gasteiger partial charge on any atom is 0.155 e. The van der Waals surface area contributed by atoms with Crippen LogP contribution < -0.4 is 4.74 Å². The minimum absolute atomic E-state index is 0.508. The lowest BCUT2D eigenvalue weighted by atomic mass is 10.1. The Morgan fingerprint density at radius 2 is 1.61 bits per heavy atom. The van der Waals surface area contributed by atoms with E-state index in [1.54, 1.807) is 4.90 Å². The molecular formula is C21H29OS+. The Labute approximate surface area is 143 Å². The summed E-state index contributed by atoms with van der Waals surface area (Å²) in [4.78, 5) is 1.56. The molecule has 0 spiro atoms. The molecule has 1 saturated heterocycles. The highest BCUT2D eigenvalue weighted by Gasteiger charge is 2.26. The van der Waals surface area contributed by atoms with Crippen molar-refractivity contribution in [1.29, 1.82) is 0 Å². The van der Waals surface area contributed by atoms with Gasteiger partial charge in [-0.15, -0.1) is 0 Å². The molecule has 3 rings (SSSR count). The van der Waals surface area contributed by atoms with Gasteiger partial charge in [-0.2, -0.15) is 0 Å². The van der Waals surface area contributed by atoms with Crippen molar-refractivity contribution < 1.29 is 4.74 Å². The van der Waals surface area contributed by atoms with Crippen LogP contribution in [0.3, 0.4) is 0 Å². The first-order valence-corrected chi connectivity index (χ1v) is 10.8. The third-order valence-electron chi connectivity index (χ3n) is 4.66. The van der Waals surface area contributed by atoms with Gasteiger partial charge in [0, 0.05) is 17.0 Å². The zero-order valence-electron chi connectivity index (χ0n) is 14.4. The smallest absolute Gasteiger partial charge is 0.155 e. The molecule has 1 fully saturated rings. The van der Waals surface area contributed by atoms with Crippen LogP contribution >= 0.6 is 0 Å². The predicted octanol–water partition coefficient (Wildman–Crippen LogP) is 5.96. The van der Waals surface area contributed by atoms with Gasteiger partial charge < -0.3 is 4.74 Å². The molecule has 23 heavy (non-hydrogen) atoms. The fourth-order valence-corrected chi connectivity index (χ4v) is 5.59. The van der Waals surface area contributed by atoms with Gasteiger partial charge in [-0.25, -0.2) is 0 Å². The fourth-order valence-electron chi connectivity index (χ4n) is 3.26. The molecule has 1 heterocycles. The predicted molar refractivity (Wildman–Crippen MR) is 103 cm³/mol. The third kappa shape index (κ3) is 4.67. The van der Waals surface area contributed by atoms with Gasteiger partial charge in [-0.1, -0.05) is 38.7 Å². The Bertz CT molecular complexity index is 616. The van der Waals surface area contributed by atoms with Gasteiger partial charge in [-0.3, -0.25) is 0 Å². The second-order valence-corrected chi connectivity index (χ2v) is 8.82. The largest absolute Gasteiger partial charge is 0.494 e. The van der Waals surface area contributed by atoms with Gasteiger partial charge in [0.2, 0.25) is 0 Å². The van der Waals surface area contributed by atoms with Crippen LogP contribution in [0.4, 0.5) is 0 Å². The Hall–Kier alpha value is -1.15. The van der Waals surface area contributed by atoms with Crippen LogP contribution in [0.25, 0.3) is 10.8 Å². The van der Waals surface area contributed by atoms with Crippen molar-refractivity contribution in [2.75, 3.05) is 18.1 Å². The standard InChI is InChI=1S/C21H29OS/c1-2-3-4-5-6-13-22-20-11-9-19-17-21(12-10-18(19)16-20)23-14-7-8-15-23/h9-12,16-17H,2-8,13-15H2,1H3/q+1. The van der Waals surface area contributed by atoms with E-state index in [0.29, 0.717) is 10.9 Å². The van der Waals surface area contributed by atoms with E-state index in [9.17, 15) is 0 Å². The first-order chi connectivity index (χ1) is 11.4. The molecular weight excluding hydrogens is 300 g/mol. The van der Waals surface area contributed by atoms with Crippen LogP contribution in [-0.4, -0.2) is 18.1 Å². The van der Waals surface area contributed by atoms with Crippen LogP contribution in [0.5, 0.6) is 5.75 Å². The molecule has 1 aliphatic heterocycles.